The number of hydrogen-bond acceptors (Lipinski definition) is 4. The zero-order valence-electron chi connectivity index (χ0n) is 11.6. The van der Waals surface area contributed by atoms with Crippen LogP contribution in [0.5, 0.6) is 0 Å². The van der Waals surface area contributed by atoms with Gasteiger partial charge in [0.2, 0.25) is 10.0 Å². The lowest BCUT2D eigenvalue weighted by Crippen LogP contribution is -2.40. The van der Waals surface area contributed by atoms with Crippen LogP contribution in [-0.4, -0.2) is 42.5 Å². The first-order valence-corrected chi connectivity index (χ1v) is 8.44. The molecule has 0 bridgehead atoms. The number of nitrogens with two attached hydrogens (primary N) is 1. The molecular formula is C14H19N3O3S. The highest BCUT2D eigenvalue weighted by atomic mass is 32.2. The van der Waals surface area contributed by atoms with Crippen molar-refractivity contribution in [1.29, 1.82) is 0 Å². The SMILES string of the molecule is Nc1ccc2[nH]cc(S(=O)(=O)N3CCCC(CO)C3)c2c1. The quantitative estimate of drug-likeness (QED) is 0.740. The van der Waals surface area contributed by atoms with Crippen LogP contribution in [0.4, 0.5) is 5.69 Å². The number of hydrogen-bond donors (Lipinski definition) is 3. The van der Waals surface area contributed by atoms with Gasteiger partial charge in [-0.1, -0.05) is 0 Å². The van der Waals surface area contributed by atoms with Gasteiger partial charge < -0.3 is 15.8 Å². The third kappa shape index (κ3) is 2.52. The van der Waals surface area contributed by atoms with Crippen LogP contribution in [0.2, 0.25) is 0 Å². The molecule has 0 saturated carbocycles. The smallest absolute Gasteiger partial charge is 0.245 e. The predicted octanol–water partition coefficient (Wildman–Crippen LogP) is 1.14. The molecule has 7 heteroatoms. The second-order valence-electron chi connectivity index (χ2n) is 5.51. The number of aliphatic hydroxyl groups is 1. The van der Waals surface area contributed by atoms with Crippen LogP contribution >= 0.6 is 0 Å². The van der Waals surface area contributed by atoms with E-state index in [1.165, 1.54) is 10.5 Å². The van der Waals surface area contributed by atoms with Crippen molar-refractivity contribution < 1.29 is 13.5 Å². The van der Waals surface area contributed by atoms with Gasteiger partial charge in [0.25, 0.3) is 0 Å². The fraction of sp³-hybridized carbons (Fsp3) is 0.429. The van der Waals surface area contributed by atoms with Crippen molar-refractivity contribution in [1.82, 2.24) is 9.29 Å². The van der Waals surface area contributed by atoms with Gasteiger partial charge in [0.15, 0.2) is 0 Å². The fourth-order valence-electron chi connectivity index (χ4n) is 2.86. The Morgan fingerprint density at radius 1 is 1.43 bits per heavy atom. The highest BCUT2D eigenvalue weighted by molar-refractivity contribution is 7.89. The fourth-order valence-corrected chi connectivity index (χ4v) is 4.57. The van der Waals surface area contributed by atoms with Crippen molar-refractivity contribution in [3.63, 3.8) is 0 Å². The molecule has 1 aromatic carbocycles. The van der Waals surface area contributed by atoms with E-state index in [1.54, 1.807) is 18.2 Å². The van der Waals surface area contributed by atoms with E-state index in [4.69, 9.17) is 5.73 Å². The number of piperidine rings is 1. The normalized spacial score (nSPS) is 20.9. The molecule has 4 N–H and O–H groups in total. The van der Waals surface area contributed by atoms with Crippen molar-refractivity contribution in [3.8, 4) is 0 Å². The number of sulfonamides is 1. The van der Waals surface area contributed by atoms with Gasteiger partial charge in [0.1, 0.15) is 4.90 Å². The Balaban J connectivity index is 2.02. The van der Waals surface area contributed by atoms with Gasteiger partial charge in [0.05, 0.1) is 0 Å². The molecule has 114 valence electrons. The number of benzene rings is 1. The molecular weight excluding hydrogens is 290 g/mol. The molecule has 1 unspecified atom stereocenters. The van der Waals surface area contributed by atoms with E-state index in [2.05, 4.69) is 4.98 Å². The molecule has 2 aromatic rings. The Bertz CT molecular complexity index is 754. The minimum absolute atomic E-state index is 0.0174. The Labute approximate surface area is 123 Å². The summed E-state index contributed by atoms with van der Waals surface area (Å²) < 4.78 is 27.1. The number of H-pyrrole nitrogens is 1. The summed E-state index contributed by atoms with van der Waals surface area (Å²) in [4.78, 5) is 3.23. The largest absolute Gasteiger partial charge is 0.399 e. The third-order valence-electron chi connectivity index (χ3n) is 4.03. The molecule has 0 aliphatic carbocycles. The van der Waals surface area contributed by atoms with Crippen LogP contribution in [0.1, 0.15) is 12.8 Å². The summed E-state index contributed by atoms with van der Waals surface area (Å²) in [7, 11) is -3.57. The number of nitrogens with one attached hydrogen (secondary N) is 1. The molecule has 3 rings (SSSR count). The number of anilines is 1. The summed E-state index contributed by atoms with van der Waals surface area (Å²) >= 11 is 0. The van der Waals surface area contributed by atoms with Gasteiger partial charge in [0, 0.05) is 42.5 Å². The average molecular weight is 309 g/mol. The summed E-state index contributed by atoms with van der Waals surface area (Å²) in [6, 6.07) is 5.18. The van der Waals surface area contributed by atoms with Crippen molar-refractivity contribution in [2.24, 2.45) is 5.92 Å². The van der Waals surface area contributed by atoms with Gasteiger partial charge in [-0.25, -0.2) is 8.42 Å². The molecule has 1 aliphatic heterocycles. The molecule has 0 radical (unpaired) electrons. The minimum atomic E-state index is -3.57. The number of aromatic nitrogens is 1. The van der Waals surface area contributed by atoms with Crippen LogP contribution in [0.3, 0.4) is 0 Å². The molecule has 1 fully saturated rings. The summed E-state index contributed by atoms with van der Waals surface area (Å²) in [6.45, 7) is 0.883. The van der Waals surface area contributed by atoms with E-state index in [1.807, 2.05) is 0 Å². The maximum absolute atomic E-state index is 12.8. The zero-order chi connectivity index (χ0) is 15.0. The minimum Gasteiger partial charge on any atom is -0.399 e. The van der Waals surface area contributed by atoms with E-state index in [0.717, 1.165) is 18.4 Å². The van der Waals surface area contributed by atoms with Crippen molar-refractivity contribution >= 4 is 26.6 Å². The lowest BCUT2D eigenvalue weighted by atomic mass is 10.0. The highest BCUT2D eigenvalue weighted by Crippen LogP contribution is 2.29. The van der Waals surface area contributed by atoms with E-state index in [-0.39, 0.29) is 17.4 Å². The first-order chi connectivity index (χ1) is 10.0. The number of rotatable bonds is 3. The maximum Gasteiger partial charge on any atom is 0.245 e. The third-order valence-corrected chi connectivity index (χ3v) is 5.93. The topological polar surface area (TPSA) is 99.4 Å². The summed E-state index contributed by atoms with van der Waals surface area (Å²) in [5, 5.41) is 9.88. The lowest BCUT2D eigenvalue weighted by molar-refractivity contribution is 0.165. The summed E-state index contributed by atoms with van der Waals surface area (Å²) in [5.74, 6) is 0.0174. The molecule has 0 spiro atoms. The number of aliphatic hydroxyl groups excluding tert-OH is 1. The van der Waals surface area contributed by atoms with Crippen LogP contribution in [0.15, 0.2) is 29.3 Å². The number of fused-ring (bicyclic) bond motifs is 1. The second kappa shape index (κ2) is 5.32. The Kier molecular flexibility index (Phi) is 3.64. The van der Waals surface area contributed by atoms with Gasteiger partial charge in [-0.05, 0) is 37.0 Å². The average Bonchev–Trinajstić information content (AvgIpc) is 2.91. The maximum atomic E-state index is 12.8. The monoisotopic (exact) mass is 309 g/mol. The van der Waals surface area contributed by atoms with E-state index >= 15 is 0 Å². The van der Waals surface area contributed by atoms with Crippen LogP contribution < -0.4 is 5.73 Å². The standard InChI is InChI=1S/C14H19N3O3S/c15-11-3-4-13-12(6-11)14(7-16-13)21(19,20)17-5-1-2-10(8-17)9-18/h3-4,6-7,10,16,18H,1-2,5,8-9,15H2. The number of aromatic amines is 1. The molecule has 0 amide bonds. The Morgan fingerprint density at radius 3 is 3.00 bits per heavy atom. The zero-order valence-corrected chi connectivity index (χ0v) is 12.4. The predicted molar refractivity (Wildman–Crippen MR) is 81.3 cm³/mol. The van der Waals surface area contributed by atoms with Crippen LogP contribution in [0.25, 0.3) is 10.9 Å². The van der Waals surface area contributed by atoms with E-state index in [0.29, 0.717) is 24.2 Å². The molecule has 1 atom stereocenters. The molecule has 21 heavy (non-hydrogen) atoms. The summed E-state index contributed by atoms with van der Waals surface area (Å²) in [6.07, 6.45) is 3.15. The molecule has 1 aromatic heterocycles. The second-order valence-corrected chi connectivity index (χ2v) is 7.42. The van der Waals surface area contributed by atoms with E-state index in [9.17, 15) is 13.5 Å². The van der Waals surface area contributed by atoms with Gasteiger partial charge >= 0.3 is 0 Å². The number of nitrogens with zero attached hydrogens (tertiary/aromatic N) is 1. The molecule has 6 nitrogen and oxygen atoms in total. The van der Waals surface area contributed by atoms with Gasteiger partial charge in [-0.2, -0.15) is 4.31 Å². The highest BCUT2D eigenvalue weighted by Gasteiger charge is 2.31. The van der Waals surface area contributed by atoms with E-state index < -0.39 is 10.0 Å². The van der Waals surface area contributed by atoms with Crippen molar-refractivity contribution in [2.75, 3.05) is 25.4 Å². The Morgan fingerprint density at radius 2 is 2.24 bits per heavy atom. The Hall–Kier alpha value is -1.57. The molecule has 1 aliphatic rings. The van der Waals surface area contributed by atoms with Crippen LogP contribution in [-0.2, 0) is 10.0 Å². The van der Waals surface area contributed by atoms with Gasteiger partial charge in [-0.3, -0.25) is 0 Å². The van der Waals surface area contributed by atoms with Gasteiger partial charge in [-0.15, -0.1) is 0 Å². The first-order valence-electron chi connectivity index (χ1n) is 7.00. The van der Waals surface area contributed by atoms with Crippen LogP contribution in [0, 0.1) is 5.92 Å². The number of nitrogen functional groups attached to an aromatic ring is 1. The molecule has 2 heterocycles. The van der Waals surface area contributed by atoms with Crippen molar-refractivity contribution in [2.45, 2.75) is 17.7 Å². The molecule has 1 saturated heterocycles. The summed E-state index contributed by atoms with van der Waals surface area (Å²) in [5.41, 5.74) is 7.04. The lowest BCUT2D eigenvalue weighted by Gasteiger charge is -2.30. The first kappa shape index (κ1) is 14.4. The van der Waals surface area contributed by atoms with Crippen molar-refractivity contribution in [3.05, 3.63) is 24.4 Å².